The number of benzene rings is 2. The minimum Gasteiger partial charge on any atom is -0.482 e. The Kier molecular flexibility index (Phi) is 8.15. The number of esters is 1. The minimum atomic E-state index is -0.591. The lowest BCUT2D eigenvalue weighted by atomic mass is 10.0. The molecule has 0 aliphatic rings. The SMILES string of the molecule is CCC[C@H](NC(=O)COC(=O)COc1cccc(Br)c1)c1ccccc1. The molecule has 2 aromatic carbocycles. The molecule has 0 radical (unpaired) electrons. The number of carbonyl (C=O) groups is 2. The van der Waals surface area contributed by atoms with E-state index >= 15 is 0 Å². The maximum Gasteiger partial charge on any atom is 0.344 e. The van der Waals surface area contributed by atoms with Crippen LogP contribution in [0.4, 0.5) is 0 Å². The highest BCUT2D eigenvalue weighted by atomic mass is 79.9. The summed E-state index contributed by atoms with van der Waals surface area (Å²) in [6.45, 7) is 1.48. The number of ether oxygens (including phenoxy) is 2. The van der Waals surface area contributed by atoms with Gasteiger partial charge in [0.05, 0.1) is 6.04 Å². The molecule has 0 aliphatic carbocycles. The highest BCUT2D eigenvalue weighted by Gasteiger charge is 2.15. The standard InChI is InChI=1S/C20H22BrNO4/c1-2-7-18(15-8-4-3-5-9-15)22-19(23)13-26-20(24)14-25-17-11-6-10-16(21)12-17/h3-6,8-12,18H,2,7,13-14H2,1H3,(H,22,23)/t18-/m0/s1. The second kappa shape index (κ2) is 10.6. The van der Waals surface area contributed by atoms with E-state index in [1.165, 1.54) is 0 Å². The van der Waals surface area contributed by atoms with Crippen LogP contribution in [0.3, 0.4) is 0 Å². The van der Waals surface area contributed by atoms with Gasteiger partial charge >= 0.3 is 5.97 Å². The molecule has 6 heteroatoms. The fourth-order valence-corrected chi connectivity index (χ4v) is 2.80. The highest BCUT2D eigenvalue weighted by Crippen LogP contribution is 2.18. The van der Waals surface area contributed by atoms with E-state index in [1.807, 2.05) is 36.4 Å². The molecule has 1 amide bonds. The van der Waals surface area contributed by atoms with Crippen LogP contribution in [0.5, 0.6) is 5.75 Å². The molecular formula is C20H22BrNO4. The van der Waals surface area contributed by atoms with Crippen LogP contribution in [0.25, 0.3) is 0 Å². The van der Waals surface area contributed by atoms with Gasteiger partial charge in [-0.15, -0.1) is 0 Å². The first-order valence-corrected chi connectivity index (χ1v) is 9.26. The Morgan fingerprint density at radius 3 is 2.54 bits per heavy atom. The summed E-state index contributed by atoms with van der Waals surface area (Å²) >= 11 is 3.32. The fourth-order valence-electron chi connectivity index (χ4n) is 2.42. The summed E-state index contributed by atoms with van der Waals surface area (Å²) in [6, 6.07) is 16.8. The monoisotopic (exact) mass is 419 g/mol. The molecule has 1 N–H and O–H groups in total. The van der Waals surface area contributed by atoms with Crippen LogP contribution in [0, 0.1) is 0 Å². The minimum absolute atomic E-state index is 0.0923. The van der Waals surface area contributed by atoms with Crippen molar-refractivity contribution in [2.45, 2.75) is 25.8 Å². The molecule has 0 aliphatic heterocycles. The Hall–Kier alpha value is -2.34. The maximum absolute atomic E-state index is 12.1. The van der Waals surface area contributed by atoms with E-state index in [2.05, 4.69) is 28.2 Å². The lowest BCUT2D eigenvalue weighted by molar-refractivity contribution is -0.150. The third-order valence-electron chi connectivity index (χ3n) is 3.63. The molecule has 0 bridgehead atoms. The van der Waals surface area contributed by atoms with Gasteiger partial charge in [-0.25, -0.2) is 4.79 Å². The van der Waals surface area contributed by atoms with Crippen molar-refractivity contribution in [1.29, 1.82) is 0 Å². The van der Waals surface area contributed by atoms with Crippen molar-refractivity contribution in [3.05, 3.63) is 64.6 Å². The number of halogens is 1. The van der Waals surface area contributed by atoms with Crippen molar-refractivity contribution in [3.63, 3.8) is 0 Å². The largest absolute Gasteiger partial charge is 0.482 e. The van der Waals surface area contributed by atoms with Crippen LogP contribution >= 0.6 is 15.9 Å². The van der Waals surface area contributed by atoms with Gasteiger partial charge in [-0.05, 0) is 30.2 Å². The van der Waals surface area contributed by atoms with E-state index < -0.39 is 5.97 Å². The molecule has 1 atom stereocenters. The number of amides is 1. The van der Waals surface area contributed by atoms with E-state index in [4.69, 9.17) is 9.47 Å². The van der Waals surface area contributed by atoms with Crippen LogP contribution in [0.2, 0.25) is 0 Å². The quantitative estimate of drug-likeness (QED) is 0.623. The smallest absolute Gasteiger partial charge is 0.344 e. The van der Waals surface area contributed by atoms with Gasteiger partial charge in [0.1, 0.15) is 5.75 Å². The molecule has 2 rings (SSSR count). The van der Waals surface area contributed by atoms with E-state index in [1.54, 1.807) is 18.2 Å². The average Bonchev–Trinajstić information content (AvgIpc) is 2.65. The lowest BCUT2D eigenvalue weighted by Gasteiger charge is -2.18. The summed E-state index contributed by atoms with van der Waals surface area (Å²) in [5, 5.41) is 2.91. The Bertz CT molecular complexity index is 721. The summed E-state index contributed by atoms with van der Waals surface area (Å²) in [6.07, 6.45) is 1.75. The summed E-state index contributed by atoms with van der Waals surface area (Å²) < 4.78 is 11.2. The second-order valence-electron chi connectivity index (χ2n) is 5.73. The molecule has 0 saturated heterocycles. The number of hydrogen-bond donors (Lipinski definition) is 1. The van der Waals surface area contributed by atoms with Crippen molar-refractivity contribution in [2.24, 2.45) is 0 Å². The van der Waals surface area contributed by atoms with Crippen molar-refractivity contribution < 1.29 is 19.1 Å². The normalized spacial score (nSPS) is 11.5. The molecule has 5 nitrogen and oxygen atoms in total. The molecule has 0 saturated carbocycles. The Morgan fingerprint density at radius 1 is 1.08 bits per heavy atom. The first kappa shape index (κ1) is 20.0. The Balaban J connectivity index is 1.77. The molecule has 138 valence electrons. The van der Waals surface area contributed by atoms with Crippen LogP contribution in [0.1, 0.15) is 31.4 Å². The van der Waals surface area contributed by atoms with Gasteiger partial charge < -0.3 is 14.8 Å². The van der Waals surface area contributed by atoms with Crippen LogP contribution in [-0.4, -0.2) is 25.1 Å². The van der Waals surface area contributed by atoms with Gasteiger partial charge in [-0.2, -0.15) is 0 Å². The van der Waals surface area contributed by atoms with E-state index in [9.17, 15) is 9.59 Å². The van der Waals surface area contributed by atoms with E-state index in [0.29, 0.717) is 5.75 Å². The third kappa shape index (κ3) is 6.88. The van der Waals surface area contributed by atoms with Crippen LogP contribution in [-0.2, 0) is 14.3 Å². The zero-order chi connectivity index (χ0) is 18.8. The zero-order valence-electron chi connectivity index (χ0n) is 14.6. The number of nitrogens with one attached hydrogen (secondary N) is 1. The first-order valence-electron chi connectivity index (χ1n) is 8.46. The average molecular weight is 420 g/mol. The van der Waals surface area contributed by atoms with E-state index in [-0.39, 0.29) is 25.2 Å². The molecule has 0 heterocycles. The van der Waals surface area contributed by atoms with Crippen molar-refractivity contribution >= 4 is 27.8 Å². The number of carbonyl (C=O) groups excluding carboxylic acids is 2. The van der Waals surface area contributed by atoms with Crippen molar-refractivity contribution in [1.82, 2.24) is 5.32 Å². The van der Waals surface area contributed by atoms with Crippen molar-refractivity contribution in [2.75, 3.05) is 13.2 Å². The zero-order valence-corrected chi connectivity index (χ0v) is 16.2. The maximum atomic E-state index is 12.1. The van der Waals surface area contributed by atoms with Gasteiger partial charge in [0, 0.05) is 4.47 Å². The lowest BCUT2D eigenvalue weighted by Crippen LogP contribution is -2.33. The van der Waals surface area contributed by atoms with Gasteiger partial charge in [0.25, 0.3) is 5.91 Å². The predicted molar refractivity (Wildman–Crippen MR) is 103 cm³/mol. The molecular weight excluding hydrogens is 398 g/mol. The molecule has 26 heavy (non-hydrogen) atoms. The van der Waals surface area contributed by atoms with Crippen LogP contribution < -0.4 is 10.1 Å². The molecule has 0 unspecified atom stereocenters. The molecule has 0 fully saturated rings. The van der Waals surface area contributed by atoms with E-state index in [0.717, 1.165) is 22.9 Å². The Labute approximate surface area is 161 Å². The summed E-state index contributed by atoms with van der Waals surface area (Å²) in [4.78, 5) is 23.8. The third-order valence-corrected chi connectivity index (χ3v) is 4.12. The summed E-state index contributed by atoms with van der Waals surface area (Å²) in [5.41, 5.74) is 1.03. The van der Waals surface area contributed by atoms with Gasteiger partial charge in [0.2, 0.25) is 0 Å². The molecule has 2 aromatic rings. The predicted octanol–water partition coefficient (Wildman–Crippen LogP) is 4.03. The summed E-state index contributed by atoms with van der Waals surface area (Å²) in [5.74, 6) is -0.372. The second-order valence-corrected chi connectivity index (χ2v) is 6.64. The number of hydrogen-bond acceptors (Lipinski definition) is 4. The summed E-state index contributed by atoms with van der Waals surface area (Å²) in [7, 11) is 0. The molecule has 0 aromatic heterocycles. The molecule has 0 spiro atoms. The van der Waals surface area contributed by atoms with Gasteiger partial charge in [-0.1, -0.05) is 65.7 Å². The van der Waals surface area contributed by atoms with Gasteiger partial charge in [-0.3, -0.25) is 4.79 Å². The topological polar surface area (TPSA) is 64.6 Å². The number of rotatable bonds is 9. The van der Waals surface area contributed by atoms with Gasteiger partial charge in [0.15, 0.2) is 13.2 Å². The Morgan fingerprint density at radius 2 is 1.85 bits per heavy atom. The van der Waals surface area contributed by atoms with Crippen molar-refractivity contribution in [3.8, 4) is 5.75 Å². The first-order chi connectivity index (χ1) is 12.6. The fraction of sp³-hybridized carbons (Fsp3) is 0.300. The van der Waals surface area contributed by atoms with Crippen LogP contribution in [0.15, 0.2) is 59.1 Å². The highest BCUT2D eigenvalue weighted by molar-refractivity contribution is 9.10.